The van der Waals surface area contributed by atoms with Gasteiger partial charge in [-0.2, -0.15) is 0 Å². The molecule has 0 bridgehead atoms. The van der Waals surface area contributed by atoms with E-state index in [4.69, 9.17) is 9.84 Å². The number of aliphatic carboxylic acids is 1. The minimum Gasteiger partial charge on any atom is -0.478 e. The summed E-state index contributed by atoms with van der Waals surface area (Å²) < 4.78 is 5.02. The highest BCUT2D eigenvalue weighted by molar-refractivity contribution is 5.88. The third-order valence-electron chi connectivity index (χ3n) is 4.49. The average molecular weight is 344 g/mol. The van der Waals surface area contributed by atoms with Crippen molar-refractivity contribution in [2.24, 2.45) is 5.92 Å². The number of carboxylic acid groups (broad SMARTS) is 1. The van der Waals surface area contributed by atoms with Crippen molar-refractivity contribution in [2.45, 2.75) is 83.2 Å². The van der Waals surface area contributed by atoms with Crippen LogP contribution in [-0.4, -0.2) is 41.1 Å². The molecule has 0 aromatic heterocycles. The zero-order valence-corrected chi connectivity index (χ0v) is 15.0. The van der Waals surface area contributed by atoms with Gasteiger partial charge in [0.15, 0.2) is 0 Å². The van der Waals surface area contributed by atoms with E-state index in [1.807, 2.05) is 0 Å². The van der Waals surface area contributed by atoms with E-state index in [0.717, 1.165) is 26.4 Å². The largest absolute Gasteiger partial charge is 0.478 e. The van der Waals surface area contributed by atoms with Crippen molar-refractivity contribution < 1.29 is 29.3 Å². The molecular formula is C18H32O6. The predicted octanol–water partition coefficient (Wildman–Crippen LogP) is 3.10. The van der Waals surface area contributed by atoms with Gasteiger partial charge in [-0.05, 0) is 6.42 Å². The summed E-state index contributed by atoms with van der Waals surface area (Å²) in [7, 11) is 1.00. The third-order valence-corrected chi connectivity index (χ3v) is 4.49. The number of carbonyl (C=O) groups is 3. The van der Waals surface area contributed by atoms with Gasteiger partial charge in [0, 0.05) is 20.0 Å². The molecular weight excluding hydrogens is 312 g/mol. The van der Waals surface area contributed by atoms with Crippen LogP contribution in [0.1, 0.15) is 77.6 Å². The number of esters is 1. The Bertz CT molecular complexity index is 382. The first-order chi connectivity index (χ1) is 11.6. The monoisotopic (exact) mass is 344 g/mol. The summed E-state index contributed by atoms with van der Waals surface area (Å²) in [6, 6.07) is 0. The molecule has 0 aliphatic carbocycles. The summed E-state index contributed by atoms with van der Waals surface area (Å²) in [6.45, 7) is 2.19. The number of carboxylic acids is 1. The molecule has 6 nitrogen and oxygen atoms in total. The molecule has 0 saturated carbocycles. The Labute approximate surface area is 144 Å². The first kappa shape index (κ1) is 22.6. The standard InChI is InChI=1S/C17H28O5.CH4O/c1-2-3-4-5-6-7-8-9-10-14(13-18)17(16(20)21)12-11-15(19)22-17;1-2/h13-14H,2-12H2,1H3,(H,20,21);2H,1H3. The van der Waals surface area contributed by atoms with Crippen molar-refractivity contribution in [1.29, 1.82) is 0 Å². The number of aldehydes is 1. The van der Waals surface area contributed by atoms with Crippen LogP contribution in [-0.2, 0) is 19.1 Å². The van der Waals surface area contributed by atoms with Gasteiger partial charge in [-0.25, -0.2) is 4.79 Å². The lowest BCUT2D eigenvalue weighted by Crippen LogP contribution is -2.46. The lowest BCUT2D eigenvalue weighted by Gasteiger charge is -2.28. The molecule has 1 saturated heterocycles. The number of rotatable bonds is 12. The molecule has 0 aromatic carbocycles. The van der Waals surface area contributed by atoms with Crippen LogP contribution >= 0.6 is 0 Å². The number of hydrogen-bond acceptors (Lipinski definition) is 5. The van der Waals surface area contributed by atoms with Crippen molar-refractivity contribution in [1.82, 2.24) is 0 Å². The van der Waals surface area contributed by atoms with Crippen molar-refractivity contribution in [3.63, 3.8) is 0 Å². The Morgan fingerprint density at radius 2 is 1.71 bits per heavy atom. The van der Waals surface area contributed by atoms with Crippen LogP contribution in [0.25, 0.3) is 0 Å². The molecule has 0 radical (unpaired) electrons. The minimum atomic E-state index is -1.63. The van der Waals surface area contributed by atoms with Gasteiger partial charge in [-0.15, -0.1) is 0 Å². The molecule has 2 unspecified atom stereocenters. The van der Waals surface area contributed by atoms with E-state index in [2.05, 4.69) is 6.92 Å². The number of cyclic esters (lactones) is 1. The van der Waals surface area contributed by atoms with Crippen LogP contribution < -0.4 is 0 Å². The van der Waals surface area contributed by atoms with Crippen LogP contribution in [0.5, 0.6) is 0 Å². The van der Waals surface area contributed by atoms with Crippen molar-refractivity contribution in [3.05, 3.63) is 0 Å². The fourth-order valence-electron chi connectivity index (χ4n) is 3.07. The molecule has 0 amide bonds. The van der Waals surface area contributed by atoms with Gasteiger partial charge in [-0.1, -0.05) is 58.3 Å². The first-order valence-corrected chi connectivity index (χ1v) is 8.92. The fourth-order valence-corrected chi connectivity index (χ4v) is 3.07. The van der Waals surface area contributed by atoms with Gasteiger partial charge in [0.2, 0.25) is 5.60 Å². The summed E-state index contributed by atoms with van der Waals surface area (Å²) in [6.07, 6.45) is 10.4. The van der Waals surface area contributed by atoms with Crippen LogP contribution in [0.2, 0.25) is 0 Å². The molecule has 2 N–H and O–H groups in total. The quantitative estimate of drug-likeness (QED) is 0.320. The SMILES string of the molecule is CCCCCCCCCCC(C=O)C1(C(=O)O)CCC(=O)O1.CO. The average Bonchev–Trinajstić information content (AvgIpc) is 2.98. The molecule has 6 heteroatoms. The van der Waals surface area contributed by atoms with Crippen molar-refractivity contribution in [3.8, 4) is 0 Å². The lowest BCUT2D eigenvalue weighted by molar-refractivity contribution is -0.176. The highest BCUT2D eigenvalue weighted by Gasteiger charge is 2.53. The van der Waals surface area contributed by atoms with Crippen LogP contribution in [0, 0.1) is 5.92 Å². The highest BCUT2D eigenvalue weighted by Crippen LogP contribution is 2.36. The molecule has 1 aliphatic rings. The van der Waals surface area contributed by atoms with Crippen LogP contribution in [0.3, 0.4) is 0 Å². The number of hydrogen-bond donors (Lipinski definition) is 2. The maximum absolute atomic E-state index is 11.5. The van der Waals surface area contributed by atoms with Gasteiger partial charge in [0.05, 0.1) is 5.92 Å². The van der Waals surface area contributed by atoms with E-state index in [1.54, 1.807) is 0 Å². The van der Waals surface area contributed by atoms with E-state index >= 15 is 0 Å². The molecule has 1 heterocycles. The number of aliphatic hydroxyl groups excluding tert-OH is 1. The molecule has 2 atom stereocenters. The second kappa shape index (κ2) is 12.9. The number of aliphatic hydroxyl groups is 1. The summed E-state index contributed by atoms with van der Waals surface area (Å²) >= 11 is 0. The summed E-state index contributed by atoms with van der Waals surface area (Å²) in [5.41, 5.74) is -1.63. The molecule has 0 aromatic rings. The molecule has 24 heavy (non-hydrogen) atoms. The molecule has 1 fully saturated rings. The second-order valence-electron chi connectivity index (χ2n) is 6.17. The summed E-state index contributed by atoms with van der Waals surface area (Å²) in [4.78, 5) is 34.0. The lowest BCUT2D eigenvalue weighted by atomic mass is 9.82. The number of carbonyl (C=O) groups excluding carboxylic acids is 2. The molecule has 1 aliphatic heterocycles. The Morgan fingerprint density at radius 3 is 2.12 bits per heavy atom. The van der Waals surface area contributed by atoms with Crippen LogP contribution in [0.15, 0.2) is 0 Å². The molecule has 140 valence electrons. The van der Waals surface area contributed by atoms with E-state index in [1.165, 1.54) is 32.1 Å². The topological polar surface area (TPSA) is 101 Å². The van der Waals surface area contributed by atoms with Gasteiger partial charge < -0.3 is 19.7 Å². The number of unbranched alkanes of at least 4 members (excludes halogenated alkanes) is 7. The smallest absolute Gasteiger partial charge is 0.348 e. The molecule has 1 rings (SSSR count). The fraction of sp³-hybridized carbons (Fsp3) is 0.833. The minimum absolute atomic E-state index is 0.0774. The maximum atomic E-state index is 11.5. The van der Waals surface area contributed by atoms with Crippen molar-refractivity contribution in [2.75, 3.05) is 7.11 Å². The Hall–Kier alpha value is -1.43. The van der Waals surface area contributed by atoms with Gasteiger partial charge in [0.25, 0.3) is 0 Å². The zero-order chi connectivity index (χ0) is 18.4. The Morgan fingerprint density at radius 1 is 1.17 bits per heavy atom. The van der Waals surface area contributed by atoms with E-state index in [-0.39, 0.29) is 12.8 Å². The third kappa shape index (κ3) is 6.99. The van der Waals surface area contributed by atoms with Gasteiger partial charge in [-0.3, -0.25) is 4.79 Å². The zero-order valence-electron chi connectivity index (χ0n) is 15.0. The number of ether oxygens (including phenoxy) is 1. The molecule has 0 spiro atoms. The van der Waals surface area contributed by atoms with Gasteiger partial charge >= 0.3 is 11.9 Å². The first-order valence-electron chi connectivity index (χ1n) is 8.92. The van der Waals surface area contributed by atoms with Crippen LogP contribution in [0.4, 0.5) is 0 Å². The van der Waals surface area contributed by atoms with E-state index < -0.39 is 23.5 Å². The predicted molar refractivity (Wildman–Crippen MR) is 90.6 cm³/mol. The normalized spacial score (nSPS) is 20.7. The Balaban J connectivity index is 0.00000254. The van der Waals surface area contributed by atoms with E-state index in [0.29, 0.717) is 12.7 Å². The second-order valence-corrected chi connectivity index (χ2v) is 6.17. The highest BCUT2D eigenvalue weighted by atomic mass is 16.6. The van der Waals surface area contributed by atoms with Crippen molar-refractivity contribution >= 4 is 18.2 Å². The summed E-state index contributed by atoms with van der Waals surface area (Å²) in [5, 5.41) is 16.4. The summed E-state index contributed by atoms with van der Waals surface area (Å²) in [5.74, 6) is -2.46. The van der Waals surface area contributed by atoms with E-state index in [9.17, 15) is 19.5 Å². The Kier molecular flexibility index (Phi) is 12.2. The van der Waals surface area contributed by atoms with Gasteiger partial charge in [0.1, 0.15) is 6.29 Å². The maximum Gasteiger partial charge on any atom is 0.348 e.